The molecular weight excluding hydrogens is 457 g/mol. The molecule has 0 aliphatic heterocycles. The van der Waals surface area contributed by atoms with Crippen LogP contribution in [0.3, 0.4) is 0 Å². The first kappa shape index (κ1) is 25.9. The topological polar surface area (TPSA) is 147 Å². The van der Waals surface area contributed by atoms with Crippen LogP contribution in [0, 0.1) is 5.92 Å². The van der Waals surface area contributed by atoms with Crippen LogP contribution in [0.15, 0.2) is 24.3 Å². The largest absolute Gasteiger partial charge is 0.496 e. The van der Waals surface area contributed by atoms with Gasteiger partial charge in [-0.3, -0.25) is 24.6 Å². The first-order valence-electron chi connectivity index (χ1n) is 10.2. The molecule has 2 atom stereocenters. The summed E-state index contributed by atoms with van der Waals surface area (Å²) in [4.78, 5) is 51.7. The predicted octanol–water partition coefficient (Wildman–Crippen LogP) is 1.59. The van der Waals surface area contributed by atoms with Gasteiger partial charge in [-0.1, -0.05) is 31.5 Å². The number of nitrogens with zero attached hydrogens (tertiary/aromatic N) is 1. The SMILES string of the molecule is COc1cccc2[nH]c(C(=O)NC(CC(C)C)C(=O)NN(CCC(N)=O)C(=O)[C@H](F)Cl)cc12. The minimum atomic E-state index is -2.43. The van der Waals surface area contributed by atoms with Gasteiger partial charge >= 0.3 is 0 Å². The molecule has 0 radical (unpaired) electrons. The van der Waals surface area contributed by atoms with E-state index in [4.69, 9.17) is 22.1 Å². The molecular formula is C21H27ClFN5O5. The van der Waals surface area contributed by atoms with Crippen molar-refractivity contribution in [3.05, 3.63) is 30.0 Å². The van der Waals surface area contributed by atoms with Gasteiger partial charge in [0.15, 0.2) is 0 Å². The molecule has 2 aromatic rings. The average Bonchev–Trinajstić information content (AvgIpc) is 3.19. The lowest BCUT2D eigenvalue weighted by atomic mass is 10.0. The summed E-state index contributed by atoms with van der Waals surface area (Å²) < 4.78 is 18.6. The van der Waals surface area contributed by atoms with Crippen molar-refractivity contribution in [3.63, 3.8) is 0 Å². The van der Waals surface area contributed by atoms with E-state index in [0.29, 0.717) is 21.7 Å². The van der Waals surface area contributed by atoms with Gasteiger partial charge in [0.1, 0.15) is 17.5 Å². The third kappa shape index (κ3) is 7.07. The Morgan fingerprint density at radius 2 is 1.97 bits per heavy atom. The van der Waals surface area contributed by atoms with Crippen molar-refractivity contribution in [2.75, 3.05) is 13.7 Å². The average molecular weight is 484 g/mol. The number of halogens is 2. The standard InChI is InChI=1S/C21H27ClFN5O5/c1-11(2)9-14(20(31)27-28(8-7-17(24)29)21(32)18(22)23)26-19(30)15-10-12-13(25-15)5-4-6-16(12)33-3/h4-6,10-11,14,18,25H,7-9H2,1-3H3,(H2,24,29)(H,26,30)(H,27,31)/t14?,18-/m0/s1. The van der Waals surface area contributed by atoms with Crippen molar-refractivity contribution in [1.82, 2.24) is 20.7 Å². The van der Waals surface area contributed by atoms with E-state index in [9.17, 15) is 23.6 Å². The van der Waals surface area contributed by atoms with Crippen molar-refractivity contribution in [3.8, 4) is 5.75 Å². The van der Waals surface area contributed by atoms with E-state index < -0.39 is 35.3 Å². The monoisotopic (exact) mass is 483 g/mol. The molecule has 10 nitrogen and oxygen atoms in total. The number of nitrogens with two attached hydrogens (primary N) is 1. The molecule has 0 bridgehead atoms. The van der Waals surface area contributed by atoms with Crippen molar-refractivity contribution in [2.24, 2.45) is 11.7 Å². The van der Waals surface area contributed by atoms with Crippen LogP contribution >= 0.6 is 11.6 Å². The van der Waals surface area contributed by atoms with E-state index in [2.05, 4.69) is 15.7 Å². The summed E-state index contributed by atoms with van der Waals surface area (Å²) in [6.45, 7) is 3.30. The van der Waals surface area contributed by atoms with E-state index in [-0.39, 0.29) is 31.0 Å². The van der Waals surface area contributed by atoms with Crippen LogP contribution in [0.2, 0.25) is 0 Å². The molecule has 5 N–H and O–H groups in total. The first-order valence-corrected chi connectivity index (χ1v) is 10.6. The molecule has 0 aliphatic carbocycles. The predicted molar refractivity (Wildman–Crippen MR) is 120 cm³/mol. The van der Waals surface area contributed by atoms with Crippen LogP contribution in [0.5, 0.6) is 5.75 Å². The molecule has 0 aliphatic rings. The molecule has 1 aromatic carbocycles. The molecule has 0 saturated carbocycles. The van der Waals surface area contributed by atoms with Gasteiger partial charge in [-0.2, -0.15) is 0 Å². The number of H-pyrrole nitrogens is 1. The number of primary amides is 1. The molecule has 12 heteroatoms. The zero-order valence-electron chi connectivity index (χ0n) is 18.5. The molecule has 2 rings (SSSR count). The minimum Gasteiger partial charge on any atom is -0.496 e. The van der Waals surface area contributed by atoms with Crippen LogP contribution in [0.25, 0.3) is 10.9 Å². The highest BCUT2D eigenvalue weighted by Gasteiger charge is 2.29. The Hall–Kier alpha value is -3.34. The number of carbonyl (C=O) groups excluding carboxylic acids is 4. The molecule has 1 heterocycles. The number of carbonyl (C=O) groups is 4. The second kappa shape index (κ2) is 11.5. The van der Waals surface area contributed by atoms with Gasteiger partial charge in [0.2, 0.25) is 5.91 Å². The van der Waals surface area contributed by atoms with E-state index in [1.54, 1.807) is 24.3 Å². The lowest BCUT2D eigenvalue weighted by Crippen LogP contribution is -2.56. The zero-order valence-corrected chi connectivity index (χ0v) is 19.2. The summed E-state index contributed by atoms with van der Waals surface area (Å²) >= 11 is 5.20. The summed E-state index contributed by atoms with van der Waals surface area (Å²) in [7, 11) is 1.51. The number of amides is 4. The fourth-order valence-electron chi connectivity index (χ4n) is 3.14. The minimum absolute atomic E-state index is 0.0134. The number of rotatable bonds is 10. The number of fused-ring (bicyclic) bond motifs is 1. The van der Waals surface area contributed by atoms with Crippen LogP contribution in [0.1, 0.15) is 37.2 Å². The second-order valence-electron chi connectivity index (χ2n) is 7.74. The Labute approximate surface area is 194 Å². The van der Waals surface area contributed by atoms with Gasteiger partial charge in [0, 0.05) is 17.3 Å². The Bertz CT molecular complexity index is 1030. The van der Waals surface area contributed by atoms with Crippen LogP contribution < -0.4 is 21.2 Å². The molecule has 0 fully saturated rings. The maximum atomic E-state index is 13.3. The van der Waals surface area contributed by atoms with Crippen molar-refractivity contribution >= 4 is 46.1 Å². The molecule has 0 saturated heterocycles. The second-order valence-corrected chi connectivity index (χ2v) is 8.13. The molecule has 180 valence electrons. The quantitative estimate of drug-likeness (QED) is 0.299. The van der Waals surface area contributed by atoms with Crippen LogP contribution in [-0.2, 0) is 14.4 Å². The summed E-state index contributed by atoms with van der Waals surface area (Å²) in [5, 5.41) is 3.89. The Morgan fingerprint density at radius 1 is 1.27 bits per heavy atom. The highest BCUT2D eigenvalue weighted by atomic mass is 35.5. The number of methoxy groups -OCH3 is 1. The normalized spacial score (nSPS) is 12.8. The third-order valence-corrected chi connectivity index (χ3v) is 4.88. The van der Waals surface area contributed by atoms with Gasteiger partial charge in [-0.25, -0.2) is 9.40 Å². The number of hydrazine groups is 1. The fourth-order valence-corrected chi connectivity index (χ4v) is 3.26. The number of hydrogen-bond donors (Lipinski definition) is 4. The number of benzene rings is 1. The number of alkyl halides is 2. The highest BCUT2D eigenvalue weighted by Crippen LogP contribution is 2.26. The maximum absolute atomic E-state index is 13.3. The molecule has 0 spiro atoms. The van der Waals surface area contributed by atoms with E-state index in [0.717, 1.165) is 0 Å². The van der Waals surface area contributed by atoms with Crippen molar-refractivity contribution in [1.29, 1.82) is 0 Å². The molecule has 4 amide bonds. The smallest absolute Gasteiger partial charge is 0.291 e. The first-order chi connectivity index (χ1) is 15.5. The van der Waals surface area contributed by atoms with Gasteiger partial charge in [0.25, 0.3) is 23.4 Å². The number of aromatic amines is 1. The number of ether oxygens (including phenoxy) is 1. The lowest BCUT2D eigenvalue weighted by molar-refractivity contribution is -0.144. The van der Waals surface area contributed by atoms with Gasteiger partial charge in [0.05, 0.1) is 13.7 Å². The highest BCUT2D eigenvalue weighted by molar-refractivity contribution is 6.29. The Kier molecular flexibility index (Phi) is 9.03. The van der Waals surface area contributed by atoms with E-state index in [1.807, 2.05) is 13.8 Å². The number of aromatic nitrogens is 1. The van der Waals surface area contributed by atoms with Crippen molar-refractivity contribution < 1.29 is 28.3 Å². The molecule has 1 aromatic heterocycles. The van der Waals surface area contributed by atoms with Gasteiger partial charge in [-0.05, 0) is 30.5 Å². The van der Waals surface area contributed by atoms with Crippen LogP contribution in [0.4, 0.5) is 4.39 Å². The summed E-state index contributed by atoms with van der Waals surface area (Å²) in [6, 6.07) is 5.82. The summed E-state index contributed by atoms with van der Waals surface area (Å²) in [6.07, 6.45) is -0.105. The summed E-state index contributed by atoms with van der Waals surface area (Å²) in [5.41, 5.74) is 5.73. The van der Waals surface area contributed by atoms with Gasteiger partial charge in [-0.15, -0.1) is 0 Å². The summed E-state index contributed by atoms with van der Waals surface area (Å²) in [5.74, 6) is -2.80. The maximum Gasteiger partial charge on any atom is 0.291 e. The van der Waals surface area contributed by atoms with E-state index in [1.165, 1.54) is 7.11 Å². The fraction of sp³-hybridized carbons (Fsp3) is 0.429. The number of hydrogen-bond acceptors (Lipinski definition) is 5. The Morgan fingerprint density at radius 3 is 2.55 bits per heavy atom. The van der Waals surface area contributed by atoms with Crippen molar-refractivity contribution in [2.45, 2.75) is 38.4 Å². The van der Waals surface area contributed by atoms with Crippen LogP contribution in [-0.4, -0.2) is 58.9 Å². The Balaban J connectivity index is 2.21. The third-order valence-electron chi connectivity index (χ3n) is 4.70. The molecule has 33 heavy (non-hydrogen) atoms. The lowest BCUT2D eigenvalue weighted by Gasteiger charge is -2.27. The molecule has 1 unspecified atom stereocenters. The van der Waals surface area contributed by atoms with E-state index >= 15 is 0 Å². The van der Waals surface area contributed by atoms with Gasteiger partial charge < -0.3 is 20.8 Å². The number of nitrogens with one attached hydrogen (secondary N) is 3. The zero-order chi connectivity index (χ0) is 24.7.